The van der Waals surface area contributed by atoms with Gasteiger partial charge in [-0.05, 0) is 30.2 Å². The van der Waals surface area contributed by atoms with Crippen LogP contribution in [0.25, 0.3) is 0 Å². The molecule has 0 bridgehead atoms. The standard InChI is InChI=1S/C16H15ClF3N5/c17-16-23-14(22-11-3-1-2-9(6-11)13(19)20)12(7-21)15(24-16)25-5-4-10(18)8-25/h1-3,6-7,10,13,21H,4-5,8H2,(H,22,23,24). The van der Waals surface area contributed by atoms with Crippen LogP contribution in [0.2, 0.25) is 5.28 Å². The van der Waals surface area contributed by atoms with Gasteiger partial charge in [0.15, 0.2) is 0 Å². The van der Waals surface area contributed by atoms with Gasteiger partial charge in [-0.1, -0.05) is 12.1 Å². The van der Waals surface area contributed by atoms with Crippen molar-refractivity contribution in [3.8, 4) is 0 Å². The molecule has 25 heavy (non-hydrogen) atoms. The van der Waals surface area contributed by atoms with E-state index >= 15 is 0 Å². The minimum absolute atomic E-state index is 0.0737. The average molecular weight is 370 g/mol. The Morgan fingerprint density at radius 3 is 2.80 bits per heavy atom. The molecule has 1 unspecified atom stereocenters. The molecule has 2 N–H and O–H groups in total. The average Bonchev–Trinajstić information content (AvgIpc) is 3.01. The van der Waals surface area contributed by atoms with Gasteiger partial charge in [-0.15, -0.1) is 0 Å². The maximum Gasteiger partial charge on any atom is 0.263 e. The third-order valence-corrected chi connectivity index (χ3v) is 4.04. The number of anilines is 3. The number of nitrogens with zero attached hydrogens (tertiary/aromatic N) is 3. The Labute approximate surface area is 147 Å². The molecule has 0 radical (unpaired) electrons. The van der Waals surface area contributed by atoms with Crippen molar-refractivity contribution in [1.29, 1.82) is 5.41 Å². The van der Waals surface area contributed by atoms with Gasteiger partial charge in [-0.2, -0.15) is 9.97 Å². The Morgan fingerprint density at radius 1 is 1.36 bits per heavy atom. The number of hydrogen-bond donors (Lipinski definition) is 2. The molecule has 1 saturated heterocycles. The van der Waals surface area contributed by atoms with Crippen LogP contribution in [0.3, 0.4) is 0 Å². The second kappa shape index (κ2) is 7.26. The molecule has 132 valence electrons. The van der Waals surface area contributed by atoms with Crippen LogP contribution < -0.4 is 10.2 Å². The van der Waals surface area contributed by atoms with Gasteiger partial charge in [0, 0.05) is 24.0 Å². The highest BCUT2D eigenvalue weighted by Crippen LogP contribution is 2.30. The summed E-state index contributed by atoms with van der Waals surface area (Å²) in [7, 11) is 0. The van der Waals surface area contributed by atoms with Crippen LogP contribution in [0.15, 0.2) is 24.3 Å². The fourth-order valence-electron chi connectivity index (χ4n) is 2.70. The molecule has 5 nitrogen and oxygen atoms in total. The van der Waals surface area contributed by atoms with Gasteiger partial charge in [-0.3, -0.25) is 0 Å². The smallest absolute Gasteiger partial charge is 0.263 e. The fourth-order valence-corrected chi connectivity index (χ4v) is 2.86. The van der Waals surface area contributed by atoms with Crippen LogP contribution in [-0.4, -0.2) is 35.4 Å². The van der Waals surface area contributed by atoms with E-state index < -0.39 is 12.6 Å². The van der Waals surface area contributed by atoms with Crippen LogP contribution in [0.5, 0.6) is 0 Å². The monoisotopic (exact) mass is 369 g/mol. The lowest BCUT2D eigenvalue weighted by Gasteiger charge is -2.20. The van der Waals surface area contributed by atoms with E-state index in [2.05, 4.69) is 15.3 Å². The molecule has 1 atom stereocenters. The van der Waals surface area contributed by atoms with Gasteiger partial charge in [0.25, 0.3) is 6.43 Å². The SMILES string of the molecule is N=Cc1c(Nc2cccc(C(F)F)c2)nc(Cl)nc1N1CCC(F)C1. The summed E-state index contributed by atoms with van der Waals surface area (Å²) in [4.78, 5) is 9.85. The topological polar surface area (TPSA) is 64.9 Å². The van der Waals surface area contributed by atoms with Crippen molar-refractivity contribution in [2.24, 2.45) is 0 Å². The molecule has 2 heterocycles. The highest BCUT2D eigenvalue weighted by atomic mass is 35.5. The molecule has 0 saturated carbocycles. The van der Waals surface area contributed by atoms with Crippen LogP contribution in [0.4, 0.5) is 30.5 Å². The Hall–Kier alpha value is -2.35. The normalized spacial score (nSPS) is 17.2. The third-order valence-electron chi connectivity index (χ3n) is 3.87. The third kappa shape index (κ3) is 3.84. The Morgan fingerprint density at radius 2 is 2.16 bits per heavy atom. The van der Waals surface area contributed by atoms with Gasteiger partial charge in [0.2, 0.25) is 5.28 Å². The van der Waals surface area contributed by atoms with Gasteiger partial charge in [-0.25, -0.2) is 13.2 Å². The van der Waals surface area contributed by atoms with E-state index in [1.54, 1.807) is 11.0 Å². The molecule has 1 aliphatic heterocycles. The van der Waals surface area contributed by atoms with Crippen molar-refractivity contribution >= 4 is 35.1 Å². The molecule has 1 aromatic heterocycles. The molecule has 1 aliphatic rings. The van der Waals surface area contributed by atoms with Crippen molar-refractivity contribution < 1.29 is 13.2 Å². The number of hydrogen-bond acceptors (Lipinski definition) is 5. The van der Waals surface area contributed by atoms with E-state index in [0.29, 0.717) is 30.0 Å². The van der Waals surface area contributed by atoms with Gasteiger partial charge < -0.3 is 15.6 Å². The molecule has 0 spiro atoms. The second-order valence-corrected chi connectivity index (χ2v) is 5.94. The zero-order chi connectivity index (χ0) is 18.0. The Balaban J connectivity index is 1.97. The van der Waals surface area contributed by atoms with E-state index in [-0.39, 0.29) is 23.2 Å². The van der Waals surface area contributed by atoms with Crippen LogP contribution >= 0.6 is 11.6 Å². The molecule has 3 rings (SSSR count). The van der Waals surface area contributed by atoms with Crippen molar-refractivity contribution in [3.05, 3.63) is 40.7 Å². The molecule has 1 fully saturated rings. The lowest BCUT2D eigenvalue weighted by Crippen LogP contribution is -2.23. The van der Waals surface area contributed by atoms with Gasteiger partial charge in [0.05, 0.1) is 12.1 Å². The molecular formula is C16H15ClF3N5. The largest absolute Gasteiger partial charge is 0.353 e. The minimum Gasteiger partial charge on any atom is -0.353 e. The summed E-state index contributed by atoms with van der Waals surface area (Å²) in [5, 5.41) is 10.5. The zero-order valence-electron chi connectivity index (χ0n) is 13.0. The predicted octanol–water partition coefficient (Wildman–Crippen LogP) is 4.36. The molecule has 0 aliphatic carbocycles. The number of benzene rings is 1. The summed E-state index contributed by atoms with van der Waals surface area (Å²) in [6, 6.07) is 5.70. The van der Waals surface area contributed by atoms with E-state index in [9.17, 15) is 13.2 Å². The number of alkyl halides is 3. The summed E-state index contributed by atoms with van der Waals surface area (Å²) in [6.45, 7) is 0.615. The van der Waals surface area contributed by atoms with E-state index in [4.69, 9.17) is 17.0 Å². The quantitative estimate of drug-likeness (QED) is 0.607. The molecule has 2 aromatic rings. The minimum atomic E-state index is -2.60. The van der Waals surface area contributed by atoms with E-state index in [0.717, 1.165) is 6.21 Å². The highest BCUT2D eigenvalue weighted by Gasteiger charge is 2.26. The maximum atomic E-state index is 13.5. The van der Waals surface area contributed by atoms with Crippen molar-refractivity contribution in [2.45, 2.75) is 19.0 Å². The second-order valence-electron chi connectivity index (χ2n) is 5.61. The van der Waals surface area contributed by atoms with Gasteiger partial charge >= 0.3 is 0 Å². The first kappa shape index (κ1) is 17.5. The summed E-state index contributed by atoms with van der Waals surface area (Å²) in [5.74, 6) is 0.557. The van der Waals surface area contributed by atoms with Crippen molar-refractivity contribution in [3.63, 3.8) is 0 Å². The first-order valence-corrected chi connectivity index (χ1v) is 7.98. The summed E-state index contributed by atoms with van der Waals surface area (Å²) < 4.78 is 39.2. The first-order valence-electron chi connectivity index (χ1n) is 7.60. The highest BCUT2D eigenvalue weighted by molar-refractivity contribution is 6.28. The Bertz CT molecular complexity index is 786. The predicted molar refractivity (Wildman–Crippen MR) is 91.3 cm³/mol. The van der Waals surface area contributed by atoms with Crippen LogP contribution in [0.1, 0.15) is 24.0 Å². The van der Waals surface area contributed by atoms with Crippen LogP contribution in [0, 0.1) is 5.41 Å². The fraction of sp³-hybridized carbons (Fsp3) is 0.312. The lowest BCUT2D eigenvalue weighted by atomic mass is 10.2. The van der Waals surface area contributed by atoms with E-state index in [1.807, 2.05) is 0 Å². The molecule has 1 aromatic carbocycles. The molecule has 0 amide bonds. The maximum absolute atomic E-state index is 13.5. The summed E-state index contributed by atoms with van der Waals surface area (Å²) in [6.07, 6.45) is -2.15. The van der Waals surface area contributed by atoms with Gasteiger partial charge in [0.1, 0.15) is 17.8 Å². The molecule has 9 heteroatoms. The number of halogens is 4. The van der Waals surface area contributed by atoms with Crippen LogP contribution in [-0.2, 0) is 0 Å². The molecular weight excluding hydrogens is 355 g/mol. The summed E-state index contributed by atoms with van der Waals surface area (Å²) in [5.41, 5.74) is 0.564. The Kier molecular flexibility index (Phi) is 5.08. The number of rotatable bonds is 5. The number of nitrogens with one attached hydrogen (secondary N) is 2. The zero-order valence-corrected chi connectivity index (χ0v) is 13.8. The number of aromatic nitrogens is 2. The summed E-state index contributed by atoms with van der Waals surface area (Å²) >= 11 is 5.96. The van der Waals surface area contributed by atoms with Crippen molar-refractivity contribution in [2.75, 3.05) is 23.3 Å². The van der Waals surface area contributed by atoms with Crippen molar-refractivity contribution in [1.82, 2.24) is 9.97 Å². The first-order chi connectivity index (χ1) is 12.0. The van der Waals surface area contributed by atoms with E-state index in [1.165, 1.54) is 18.2 Å². The lowest BCUT2D eigenvalue weighted by molar-refractivity contribution is 0.151.